The fourth-order valence-corrected chi connectivity index (χ4v) is 4.71. The van der Waals surface area contributed by atoms with Crippen molar-refractivity contribution in [2.45, 2.75) is 70.0 Å². The number of amides is 2. The number of carbonyl (C=O) groups excluding carboxylic acids is 2. The van der Waals surface area contributed by atoms with Crippen LogP contribution in [-0.4, -0.2) is 42.5 Å². The zero-order valence-corrected chi connectivity index (χ0v) is 15.7. The topological polar surface area (TPSA) is 52.7 Å². The number of benzene rings is 1. The number of anilines is 1. The molecule has 2 aliphatic heterocycles. The third-order valence-electron chi connectivity index (χ3n) is 6.24. The molecule has 2 amide bonds. The SMILES string of the molecule is CN1c2cc(C(=O)NC3CCCCC3)ccc2C(=O)N2CCCCC[C@H]21. The minimum atomic E-state index is -0.0103. The minimum absolute atomic E-state index is 0.0103. The molecule has 0 bridgehead atoms. The summed E-state index contributed by atoms with van der Waals surface area (Å²) >= 11 is 0. The lowest BCUT2D eigenvalue weighted by molar-refractivity contribution is 0.0661. The lowest BCUT2D eigenvalue weighted by atomic mass is 9.95. The normalized spacial score (nSPS) is 23.9. The van der Waals surface area contributed by atoms with Crippen molar-refractivity contribution in [3.05, 3.63) is 29.3 Å². The van der Waals surface area contributed by atoms with E-state index in [9.17, 15) is 9.59 Å². The molecule has 0 unspecified atom stereocenters. The van der Waals surface area contributed by atoms with Crippen LogP contribution in [0.3, 0.4) is 0 Å². The molecule has 1 aliphatic carbocycles. The number of nitrogens with zero attached hydrogens (tertiary/aromatic N) is 2. The molecule has 2 heterocycles. The summed E-state index contributed by atoms with van der Waals surface area (Å²) in [4.78, 5) is 29.9. The van der Waals surface area contributed by atoms with Crippen molar-refractivity contribution in [1.82, 2.24) is 10.2 Å². The van der Waals surface area contributed by atoms with Gasteiger partial charge in [-0.25, -0.2) is 0 Å². The molecule has 0 radical (unpaired) electrons. The van der Waals surface area contributed by atoms with Gasteiger partial charge < -0.3 is 15.1 Å². The molecule has 0 spiro atoms. The van der Waals surface area contributed by atoms with Gasteiger partial charge in [0.05, 0.1) is 11.3 Å². The number of hydrogen-bond acceptors (Lipinski definition) is 3. The van der Waals surface area contributed by atoms with Gasteiger partial charge in [-0.2, -0.15) is 0 Å². The Kier molecular flexibility index (Phi) is 4.88. The summed E-state index contributed by atoms with van der Waals surface area (Å²) in [6.45, 7) is 0.831. The van der Waals surface area contributed by atoms with Crippen molar-refractivity contribution in [1.29, 1.82) is 0 Å². The number of nitrogens with one attached hydrogen (secondary N) is 1. The van der Waals surface area contributed by atoms with E-state index in [1.165, 1.54) is 25.7 Å². The lowest BCUT2D eigenvalue weighted by Gasteiger charge is -2.43. The molecule has 1 N–H and O–H groups in total. The van der Waals surface area contributed by atoms with E-state index in [0.717, 1.165) is 49.9 Å². The molecule has 5 heteroatoms. The van der Waals surface area contributed by atoms with Crippen LogP contribution in [0, 0.1) is 0 Å². The number of hydrogen-bond donors (Lipinski definition) is 1. The van der Waals surface area contributed by atoms with Gasteiger partial charge in [-0.3, -0.25) is 9.59 Å². The van der Waals surface area contributed by atoms with Gasteiger partial charge in [0.2, 0.25) is 0 Å². The second-order valence-electron chi connectivity index (χ2n) is 7.98. The maximum absolute atomic E-state index is 12.9. The maximum Gasteiger partial charge on any atom is 0.257 e. The first-order valence-electron chi connectivity index (χ1n) is 10.1. The third kappa shape index (κ3) is 3.19. The van der Waals surface area contributed by atoms with E-state index in [2.05, 4.69) is 17.3 Å². The molecule has 1 atom stereocenters. The van der Waals surface area contributed by atoms with Crippen molar-refractivity contribution in [2.24, 2.45) is 0 Å². The number of carbonyl (C=O) groups is 2. The van der Waals surface area contributed by atoms with Crippen molar-refractivity contribution in [3.8, 4) is 0 Å². The highest BCUT2D eigenvalue weighted by Gasteiger charge is 2.36. The molecule has 140 valence electrons. The monoisotopic (exact) mass is 355 g/mol. The van der Waals surface area contributed by atoms with Crippen LogP contribution in [0.25, 0.3) is 0 Å². The molecule has 1 aromatic rings. The molecule has 1 saturated carbocycles. The summed E-state index contributed by atoms with van der Waals surface area (Å²) in [5.74, 6) is 0.105. The van der Waals surface area contributed by atoms with Gasteiger partial charge >= 0.3 is 0 Å². The van der Waals surface area contributed by atoms with Gasteiger partial charge in [0.1, 0.15) is 6.17 Å². The van der Waals surface area contributed by atoms with Gasteiger partial charge in [-0.05, 0) is 50.3 Å². The largest absolute Gasteiger partial charge is 0.354 e. The van der Waals surface area contributed by atoms with Gasteiger partial charge in [0.15, 0.2) is 0 Å². The highest BCUT2D eigenvalue weighted by Crippen LogP contribution is 2.34. The molecular formula is C21H29N3O2. The van der Waals surface area contributed by atoms with Crippen LogP contribution in [0.4, 0.5) is 5.69 Å². The van der Waals surface area contributed by atoms with E-state index in [0.29, 0.717) is 11.6 Å². The fourth-order valence-electron chi connectivity index (χ4n) is 4.71. The molecule has 26 heavy (non-hydrogen) atoms. The Morgan fingerprint density at radius 1 is 1.04 bits per heavy atom. The van der Waals surface area contributed by atoms with Crippen LogP contribution in [-0.2, 0) is 0 Å². The zero-order valence-electron chi connectivity index (χ0n) is 15.7. The second-order valence-corrected chi connectivity index (χ2v) is 7.98. The number of fused-ring (bicyclic) bond motifs is 2. The zero-order chi connectivity index (χ0) is 18.1. The predicted octanol–water partition coefficient (Wildman–Crippen LogP) is 3.54. The Balaban J connectivity index is 1.58. The summed E-state index contributed by atoms with van der Waals surface area (Å²) < 4.78 is 0. The summed E-state index contributed by atoms with van der Waals surface area (Å²) in [6.07, 6.45) is 10.3. The van der Waals surface area contributed by atoms with E-state index in [-0.39, 0.29) is 18.0 Å². The Bertz CT molecular complexity index is 696. The quantitative estimate of drug-likeness (QED) is 0.883. The van der Waals surface area contributed by atoms with Crippen molar-refractivity contribution in [2.75, 3.05) is 18.5 Å². The molecule has 3 aliphatic rings. The van der Waals surface area contributed by atoms with E-state index >= 15 is 0 Å². The van der Waals surface area contributed by atoms with E-state index in [4.69, 9.17) is 0 Å². The van der Waals surface area contributed by atoms with E-state index in [1.54, 1.807) is 6.07 Å². The van der Waals surface area contributed by atoms with Crippen LogP contribution in [0.5, 0.6) is 0 Å². The van der Waals surface area contributed by atoms with Crippen molar-refractivity contribution >= 4 is 17.5 Å². The van der Waals surface area contributed by atoms with Crippen LogP contribution in [0.1, 0.15) is 78.5 Å². The first kappa shape index (κ1) is 17.4. The number of rotatable bonds is 2. The Morgan fingerprint density at radius 3 is 2.58 bits per heavy atom. The summed E-state index contributed by atoms with van der Waals surface area (Å²) in [5, 5.41) is 3.18. The van der Waals surface area contributed by atoms with Crippen molar-refractivity contribution < 1.29 is 9.59 Å². The Labute approximate surface area is 155 Å². The molecular weight excluding hydrogens is 326 g/mol. The van der Waals surface area contributed by atoms with Crippen LogP contribution in [0.15, 0.2) is 18.2 Å². The van der Waals surface area contributed by atoms with Crippen LogP contribution >= 0.6 is 0 Å². The molecule has 2 fully saturated rings. The first-order chi connectivity index (χ1) is 12.6. The highest BCUT2D eigenvalue weighted by atomic mass is 16.2. The fraction of sp³-hybridized carbons (Fsp3) is 0.619. The van der Waals surface area contributed by atoms with Crippen LogP contribution in [0.2, 0.25) is 0 Å². The van der Waals surface area contributed by atoms with E-state index < -0.39 is 0 Å². The van der Waals surface area contributed by atoms with Crippen LogP contribution < -0.4 is 10.2 Å². The summed E-state index contributed by atoms with van der Waals surface area (Å²) in [7, 11) is 2.05. The molecule has 0 aromatic heterocycles. The third-order valence-corrected chi connectivity index (χ3v) is 6.24. The van der Waals surface area contributed by atoms with Gasteiger partial charge in [0.25, 0.3) is 11.8 Å². The van der Waals surface area contributed by atoms with Crippen molar-refractivity contribution in [3.63, 3.8) is 0 Å². The summed E-state index contributed by atoms with van der Waals surface area (Å²) in [6, 6.07) is 5.85. The van der Waals surface area contributed by atoms with Gasteiger partial charge in [0, 0.05) is 25.2 Å². The maximum atomic E-state index is 12.9. The Morgan fingerprint density at radius 2 is 1.77 bits per heavy atom. The summed E-state index contributed by atoms with van der Waals surface area (Å²) in [5.41, 5.74) is 2.28. The minimum Gasteiger partial charge on any atom is -0.354 e. The Hall–Kier alpha value is -2.04. The van der Waals surface area contributed by atoms with E-state index in [1.807, 2.05) is 17.0 Å². The predicted molar refractivity (Wildman–Crippen MR) is 102 cm³/mol. The molecule has 1 aromatic carbocycles. The average Bonchev–Trinajstić information content (AvgIpc) is 2.93. The van der Waals surface area contributed by atoms with Gasteiger partial charge in [-0.15, -0.1) is 0 Å². The average molecular weight is 355 g/mol. The standard InChI is InChI=1S/C21H29N3O2/c1-23-18-14-15(20(25)22-16-8-4-2-5-9-16)11-12-17(18)21(26)24-13-7-3-6-10-19(23)24/h11-12,14,16,19H,2-10,13H2,1H3,(H,22,25)/t19-/m0/s1. The molecule has 4 rings (SSSR count). The van der Waals surface area contributed by atoms with Gasteiger partial charge in [-0.1, -0.05) is 25.7 Å². The second kappa shape index (κ2) is 7.29. The first-order valence-corrected chi connectivity index (χ1v) is 10.1. The lowest BCUT2D eigenvalue weighted by Crippen LogP contribution is -2.53. The highest BCUT2D eigenvalue weighted by molar-refractivity contribution is 6.04. The smallest absolute Gasteiger partial charge is 0.257 e. The molecule has 5 nitrogen and oxygen atoms in total. The molecule has 1 saturated heterocycles.